The fourth-order valence-corrected chi connectivity index (χ4v) is 5.17. The summed E-state index contributed by atoms with van der Waals surface area (Å²) >= 11 is 1.83. The maximum atomic E-state index is 5.74. The molecule has 0 aromatic carbocycles. The van der Waals surface area contributed by atoms with Gasteiger partial charge in [-0.2, -0.15) is 0 Å². The zero-order valence-electron chi connectivity index (χ0n) is 17.7. The van der Waals surface area contributed by atoms with Gasteiger partial charge in [-0.1, -0.05) is 18.9 Å². The van der Waals surface area contributed by atoms with Crippen molar-refractivity contribution < 1.29 is 4.74 Å². The van der Waals surface area contributed by atoms with Gasteiger partial charge in [-0.15, -0.1) is 11.3 Å². The Morgan fingerprint density at radius 2 is 2.21 bits per heavy atom. The summed E-state index contributed by atoms with van der Waals surface area (Å²) < 4.78 is 5.74. The number of nitrogens with zero attached hydrogens (tertiary/aromatic N) is 3. The van der Waals surface area contributed by atoms with Gasteiger partial charge in [0.05, 0.1) is 18.8 Å². The third-order valence-electron chi connectivity index (χ3n) is 5.98. The number of nitrogens with one attached hydrogen (secondary N) is 2. The zero-order valence-corrected chi connectivity index (χ0v) is 18.5. The van der Waals surface area contributed by atoms with E-state index in [1.165, 1.54) is 30.6 Å². The second kappa shape index (κ2) is 11.1. The molecule has 2 fully saturated rings. The van der Waals surface area contributed by atoms with E-state index in [4.69, 9.17) is 4.74 Å². The highest BCUT2D eigenvalue weighted by molar-refractivity contribution is 7.10. The molecule has 2 atom stereocenters. The largest absolute Gasteiger partial charge is 0.376 e. The first-order valence-corrected chi connectivity index (χ1v) is 11.6. The Morgan fingerprint density at radius 1 is 1.39 bits per heavy atom. The Bertz CT molecular complexity index is 588. The first-order valence-electron chi connectivity index (χ1n) is 10.7. The lowest BCUT2D eigenvalue weighted by molar-refractivity contribution is -0.0334. The monoisotopic (exact) mass is 407 g/mol. The van der Waals surface area contributed by atoms with Gasteiger partial charge in [-0.3, -0.25) is 9.89 Å². The fraction of sp³-hybridized carbons (Fsp3) is 0.762. The van der Waals surface area contributed by atoms with Crippen LogP contribution in [-0.4, -0.2) is 81.3 Å². The van der Waals surface area contributed by atoms with Gasteiger partial charge in [0, 0.05) is 50.7 Å². The number of rotatable bonds is 8. The number of likely N-dealkylation sites (N-methyl/N-ethyl adjacent to an activating group) is 1. The van der Waals surface area contributed by atoms with Crippen LogP contribution in [0.3, 0.4) is 0 Å². The van der Waals surface area contributed by atoms with E-state index < -0.39 is 0 Å². The molecule has 1 saturated heterocycles. The maximum Gasteiger partial charge on any atom is 0.191 e. The molecule has 1 aromatic heterocycles. The molecule has 2 N–H and O–H groups in total. The van der Waals surface area contributed by atoms with Crippen LogP contribution in [-0.2, 0) is 4.74 Å². The molecule has 7 heteroatoms. The maximum absolute atomic E-state index is 5.74. The number of guanidine groups is 1. The summed E-state index contributed by atoms with van der Waals surface area (Å²) in [7, 11) is 4.10. The summed E-state index contributed by atoms with van der Waals surface area (Å²) in [6, 6.07) is 5.50. The summed E-state index contributed by atoms with van der Waals surface area (Å²) in [6.45, 7) is 7.75. The molecule has 28 heavy (non-hydrogen) atoms. The molecule has 158 valence electrons. The van der Waals surface area contributed by atoms with E-state index >= 15 is 0 Å². The van der Waals surface area contributed by atoms with Crippen LogP contribution in [0, 0.1) is 0 Å². The third kappa shape index (κ3) is 6.17. The van der Waals surface area contributed by atoms with Crippen molar-refractivity contribution in [1.82, 2.24) is 20.4 Å². The minimum Gasteiger partial charge on any atom is -0.376 e. The predicted octanol–water partition coefficient (Wildman–Crippen LogP) is 2.55. The molecule has 1 saturated carbocycles. The van der Waals surface area contributed by atoms with Crippen LogP contribution < -0.4 is 10.6 Å². The molecular formula is C21H37N5OS. The van der Waals surface area contributed by atoms with E-state index in [2.05, 4.69) is 56.9 Å². The summed E-state index contributed by atoms with van der Waals surface area (Å²) in [6.07, 6.45) is 5.76. The van der Waals surface area contributed by atoms with Crippen molar-refractivity contribution in [3.8, 4) is 0 Å². The Kier molecular flexibility index (Phi) is 8.58. The van der Waals surface area contributed by atoms with Crippen LogP contribution >= 0.6 is 11.3 Å². The summed E-state index contributed by atoms with van der Waals surface area (Å²) in [5.74, 6) is 0.891. The lowest BCUT2D eigenvalue weighted by Crippen LogP contribution is -2.48. The minimum absolute atomic E-state index is 0.291. The smallest absolute Gasteiger partial charge is 0.191 e. The molecule has 2 aliphatic rings. The van der Waals surface area contributed by atoms with Crippen molar-refractivity contribution in [3.05, 3.63) is 22.4 Å². The van der Waals surface area contributed by atoms with Crippen LogP contribution in [0.1, 0.15) is 43.5 Å². The van der Waals surface area contributed by atoms with E-state index in [1.807, 2.05) is 18.4 Å². The molecule has 0 bridgehead atoms. The molecule has 6 nitrogen and oxygen atoms in total. The Morgan fingerprint density at radius 3 is 2.89 bits per heavy atom. The third-order valence-corrected chi connectivity index (χ3v) is 6.95. The van der Waals surface area contributed by atoms with Gasteiger partial charge in [0.1, 0.15) is 0 Å². The molecule has 1 aliphatic heterocycles. The highest BCUT2D eigenvalue weighted by Gasteiger charge is 2.26. The number of hydrogen-bond donors (Lipinski definition) is 2. The molecule has 0 amide bonds. The normalized spacial score (nSPS) is 23.3. The number of morpholine rings is 1. The van der Waals surface area contributed by atoms with Gasteiger partial charge in [-0.05, 0) is 38.3 Å². The van der Waals surface area contributed by atoms with Crippen molar-refractivity contribution in [3.63, 3.8) is 0 Å². The highest BCUT2D eigenvalue weighted by Crippen LogP contribution is 2.26. The van der Waals surface area contributed by atoms with Gasteiger partial charge in [0.25, 0.3) is 0 Å². The van der Waals surface area contributed by atoms with Gasteiger partial charge < -0.3 is 20.3 Å². The van der Waals surface area contributed by atoms with Crippen molar-refractivity contribution in [1.29, 1.82) is 0 Å². The topological polar surface area (TPSA) is 52.1 Å². The summed E-state index contributed by atoms with van der Waals surface area (Å²) in [5.41, 5.74) is 0. The van der Waals surface area contributed by atoms with Crippen molar-refractivity contribution in [2.24, 2.45) is 4.99 Å². The molecule has 2 heterocycles. The van der Waals surface area contributed by atoms with E-state index in [9.17, 15) is 0 Å². The fourth-order valence-electron chi connectivity index (χ4n) is 4.31. The highest BCUT2D eigenvalue weighted by atomic mass is 32.1. The van der Waals surface area contributed by atoms with Crippen LogP contribution in [0.5, 0.6) is 0 Å². The predicted molar refractivity (Wildman–Crippen MR) is 118 cm³/mol. The summed E-state index contributed by atoms with van der Waals surface area (Å²) in [5, 5.41) is 9.22. The quantitative estimate of drug-likeness (QED) is 0.512. The first-order chi connectivity index (χ1) is 13.7. The lowest BCUT2D eigenvalue weighted by atomic mass is 10.1. The summed E-state index contributed by atoms with van der Waals surface area (Å²) in [4.78, 5) is 10.9. The average molecular weight is 408 g/mol. The van der Waals surface area contributed by atoms with Gasteiger partial charge >= 0.3 is 0 Å². The minimum atomic E-state index is 0.291. The van der Waals surface area contributed by atoms with E-state index in [1.54, 1.807) is 0 Å². The lowest BCUT2D eigenvalue weighted by Gasteiger charge is -2.37. The zero-order chi connectivity index (χ0) is 19.8. The van der Waals surface area contributed by atoms with E-state index in [-0.39, 0.29) is 0 Å². The number of hydrogen-bond acceptors (Lipinski definition) is 5. The average Bonchev–Trinajstić information content (AvgIpc) is 3.41. The van der Waals surface area contributed by atoms with Crippen LogP contribution in [0.4, 0.5) is 0 Å². The number of thiophene rings is 1. The SMILES string of the molecule is CN=C(NCCN(C)C1CCCC1)NCC(c1cccs1)N1CCOC(C)C1. The van der Waals surface area contributed by atoms with Crippen molar-refractivity contribution in [2.75, 3.05) is 53.4 Å². The molecule has 1 aliphatic carbocycles. The van der Waals surface area contributed by atoms with Crippen LogP contribution in [0.15, 0.2) is 22.5 Å². The Hall–Kier alpha value is -1.15. The molecule has 3 rings (SSSR count). The molecule has 0 spiro atoms. The number of aliphatic imine (C=N–C) groups is 1. The molecule has 1 aromatic rings. The van der Waals surface area contributed by atoms with Crippen LogP contribution in [0.25, 0.3) is 0 Å². The second-order valence-corrected chi connectivity index (χ2v) is 8.99. The first kappa shape index (κ1) is 21.6. The second-order valence-electron chi connectivity index (χ2n) is 8.01. The van der Waals surface area contributed by atoms with Crippen molar-refractivity contribution >= 4 is 17.3 Å². The van der Waals surface area contributed by atoms with E-state index in [0.29, 0.717) is 12.1 Å². The van der Waals surface area contributed by atoms with Gasteiger partial charge in [0.2, 0.25) is 0 Å². The van der Waals surface area contributed by atoms with Crippen LogP contribution in [0.2, 0.25) is 0 Å². The molecule has 2 unspecified atom stereocenters. The van der Waals surface area contributed by atoms with Gasteiger partial charge in [-0.25, -0.2) is 0 Å². The standard InChI is InChI=1S/C21H37N5OS/c1-17-16-26(12-13-27-17)19(20-9-6-14-28-20)15-24-21(22-2)23-10-11-25(3)18-7-4-5-8-18/h6,9,14,17-19H,4-5,7-8,10-13,15-16H2,1-3H3,(H2,22,23,24). The number of ether oxygens (including phenoxy) is 1. The molecular weight excluding hydrogens is 370 g/mol. The Balaban J connectivity index is 1.48. The van der Waals surface area contributed by atoms with E-state index in [0.717, 1.165) is 51.3 Å². The molecule has 0 radical (unpaired) electrons. The van der Waals surface area contributed by atoms with Gasteiger partial charge in [0.15, 0.2) is 5.96 Å². The Labute approximate surface area is 174 Å². The van der Waals surface area contributed by atoms with Crippen molar-refractivity contribution in [2.45, 2.75) is 50.8 Å².